The van der Waals surface area contributed by atoms with Gasteiger partial charge in [-0.2, -0.15) is 4.31 Å². The Hall–Kier alpha value is -1.22. The molecule has 2 rings (SSSR count). The average Bonchev–Trinajstić information content (AvgIpc) is 2.39. The van der Waals surface area contributed by atoms with Crippen LogP contribution in [0.5, 0.6) is 0 Å². The van der Waals surface area contributed by atoms with Gasteiger partial charge in [-0.15, -0.1) is 0 Å². The van der Waals surface area contributed by atoms with Crippen molar-refractivity contribution in [3.05, 3.63) is 18.5 Å². The van der Waals surface area contributed by atoms with Crippen LogP contribution in [0, 0.1) is 0 Å². The first-order valence-electron chi connectivity index (χ1n) is 5.65. The Morgan fingerprint density at radius 1 is 1.33 bits per heavy atom. The van der Waals surface area contributed by atoms with Gasteiger partial charge in [-0.1, -0.05) is 0 Å². The molecule has 0 radical (unpaired) electrons. The normalized spacial score (nSPS) is 18.8. The summed E-state index contributed by atoms with van der Waals surface area (Å²) >= 11 is 0. The fourth-order valence-electron chi connectivity index (χ4n) is 1.87. The zero-order valence-electron chi connectivity index (χ0n) is 10.2. The van der Waals surface area contributed by atoms with Crippen molar-refractivity contribution in [1.82, 2.24) is 14.2 Å². The first-order chi connectivity index (χ1) is 8.55. The van der Waals surface area contributed by atoms with E-state index in [2.05, 4.69) is 15.3 Å². The molecule has 2 heterocycles. The number of nitrogens with two attached hydrogens (primary N) is 1. The predicted molar refractivity (Wildman–Crippen MR) is 68.3 cm³/mol. The van der Waals surface area contributed by atoms with Gasteiger partial charge in [0.05, 0.1) is 5.69 Å². The molecule has 0 bridgehead atoms. The molecular formula is C10H17N5O2S. The SMILES string of the molecule is CN1CCN(S(=O)(=O)c2cnccc2NN)CC1. The number of nitrogens with one attached hydrogen (secondary N) is 1. The molecule has 1 fully saturated rings. The molecule has 0 saturated carbocycles. The number of nitrogens with zero attached hydrogens (tertiary/aromatic N) is 3. The zero-order valence-corrected chi connectivity index (χ0v) is 11.0. The lowest BCUT2D eigenvalue weighted by molar-refractivity contribution is 0.222. The lowest BCUT2D eigenvalue weighted by Gasteiger charge is -2.31. The van der Waals surface area contributed by atoms with Crippen molar-refractivity contribution in [2.45, 2.75) is 4.90 Å². The van der Waals surface area contributed by atoms with E-state index in [4.69, 9.17) is 5.84 Å². The quantitative estimate of drug-likeness (QED) is 0.558. The highest BCUT2D eigenvalue weighted by molar-refractivity contribution is 7.89. The van der Waals surface area contributed by atoms with Gasteiger partial charge in [0.15, 0.2) is 0 Å². The second kappa shape index (κ2) is 5.19. The third-order valence-electron chi connectivity index (χ3n) is 3.02. The minimum Gasteiger partial charge on any atom is -0.323 e. The number of sulfonamides is 1. The zero-order chi connectivity index (χ0) is 13.2. The summed E-state index contributed by atoms with van der Waals surface area (Å²) in [7, 11) is -1.55. The molecule has 0 unspecified atom stereocenters. The summed E-state index contributed by atoms with van der Waals surface area (Å²) in [5, 5.41) is 0. The number of anilines is 1. The number of nitrogen functional groups attached to an aromatic ring is 1. The van der Waals surface area contributed by atoms with Gasteiger partial charge in [0.1, 0.15) is 4.90 Å². The summed E-state index contributed by atoms with van der Waals surface area (Å²) in [5.74, 6) is 5.33. The Labute approximate surface area is 107 Å². The molecule has 1 saturated heterocycles. The maximum absolute atomic E-state index is 12.4. The summed E-state index contributed by atoms with van der Waals surface area (Å²) in [6.45, 7) is 2.42. The van der Waals surface area contributed by atoms with E-state index < -0.39 is 10.0 Å². The third-order valence-corrected chi connectivity index (χ3v) is 4.95. The third kappa shape index (κ3) is 2.46. The molecule has 1 aliphatic rings. The Morgan fingerprint density at radius 3 is 2.61 bits per heavy atom. The van der Waals surface area contributed by atoms with Gasteiger partial charge in [0.25, 0.3) is 0 Å². The van der Waals surface area contributed by atoms with Crippen LogP contribution in [0.3, 0.4) is 0 Å². The van der Waals surface area contributed by atoms with Crippen LogP contribution in [-0.4, -0.2) is 55.8 Å². The highest BCUT2D eigenvalue weighted by Crippen LogP contribution is 2.23. The predicted octanol–water partition coefficient (Wildman–Crippen LogP) is -0.697. The second-order valence-electron chi connectivity index (χ2n) is 4.22. The molecule has 8 heteroatoms. The molecule has 3 N–H and O–H groups in total. The fraction of sp³-hybridized carbons (Fsp3) is 0.500. The van der Waals surface area contributed by atoms with E-state index in [0.717, 1.165) is 13.1 Å². The number of aromatic nitrogens is 1. The van der Waals surface area contributed by atoms with Gasteiger partial charge in [0.2, 0.25) is 10.0 Å². The molecule has 100 valence electrons. The van der Waals surface area contributed by atoms with Crippen LogP contribution >= 0.6 is 0 Å². The highest BCUT2D eigenvalue weighted by Gasteiger charge is 2.29. The fourth-order valence-corrected chi connectivity index (χ4v) is 3.39. The number of hydrazine groups is 1. The van der Waals surface area contributed by atoms with Gasteiger partial charge in [-0.25, -0.2) is 8.42 Å². The summed E-state index contributed by atoms with van der Waals surface area (Å²) in [6, 6.07) is 1.54. The largest absolute Gasteiger partial charge is 0.323 e. The highest BCUT2D eigenvalue weighted by atomic mass is 32.2. The number of likely N-dealkylation sites (N-methyl/N-ethyl adjacent to an activating group) is 1. The molecule has 7 nitrogen and oxygen atoms in total. The van der Waals surface area contributed by atoms with Crippen molar-refractivity contribution in [2.24, 2.45) is 5.84 Å². The van der Waals surface area contributed by atoms with Gasteiger partial charge >= 0.3 is 0 Å². The van der Waals surface area contributed by atoms with Crippen LogP contribution in [-0.2, 0) is 10.0 Å². The standard InChI is InChI=1S/C10H17N5O2S/c1-14-4-6-15(7-5-14)18(16,17)10-8-12-3-2-9(10)13-11/h2-3,8H,4-7,11H2,1H3,(H,12,13). The smallest absolute Gasteiger partial charge is 0.246 e. The Bertz CT molecular complexity index is 511. The summed E-state index contributed by atoms with van der Waals surface area (Å²) in [5.41, 5.74) is 2.76. The first kappa shape index (κ1) is 13.2. The van der Waals surface area contributed by atoms with Crippen molar-refractivity contribution in [2.75, 3.05) is 38.7 Å². The summed E-state index contributed by atoms with van der Waals surface area (Å²) in [4.78, 5) is 6.07. The minimum atomic E-state index is -3.53. The number of pyridine rings is 1. The molecule has 1 aliphatic heterocycles. The van der Waals surface area contributed by atoms with Crippen molar-refractivity contribution >= 4 is 15.7 Å². The maximum atomic E-state index is 12.4. The van der Waals surface area contributed by atoms with Gasteiger partial charge in [-0.3, -0.25) is 10.8 Å². The van der Waals surface area contributed by atoms with Gasteiger partial charge in [-0.05, 0) is 13.1 Å². The second-order valence-corrected chi connectivity index (χ2v) is 6.13. The van der Waals surface area contributed by atoms with Crippen molar-refractivity contribution in [3.8, 4) is 0 Å². The van der Waals surface area contributed by atoms with Crippen molar-refractivity contribution in [3.63, 3.8) is 0 Å². The van der Waals surface area contributed by atoms with E-state index in [9.17, 15) is 8.42 Å². The molecule has 0 aromatic carbocycles. The maximum Gasteiger partial charge on any atom is 0.246 e. The minimum absolute atomic E-state index is 0.122. The summed E-state index contributed by atoms with van der Waals surface area (Å²) in [6.07, 6.45) is 2.82. The Kier molecular flexibility index (Phi) is 3.81. The average molecular weight is 271 g/mol. The van der Waals surface area contributed by atoms with E-state index in [-0.39, 0.29) is 4.90 Å². The molecule has 0 spiro atoms. The number of piperazine rings is 1. The lowest BCUT2D eigenvalue weighted by atomic mass is 10.4. The van der Waals surface area contributed by atoms with E-state index in [1.165, 1.54) is 16.7 Å². The lowest BCUT2D eigenvalue weighted by Crippen LogP contribution is -2.47. The molecule has 0 aliphatic carbocycles. The van der Waals surface area contributed by atoms with E-state index >= 15 is 0 Å². The van der Waals surface area contributed by atoms with Crippen LogP contribution in [0.25, 0.3) is 0 Å². The van der Waals surface area contributed by atoms with Crippen LogP contribution in [0.1, 0.15) is 0 Å². The van der Waals surface area contributed by atoms with Crippen LogP contribution in [0.2, 0.25) is 0 Å². The van der Waals surface area contributed by atoms with Crippen LogP contribution in [0.15, 0.2) is 23.4 Å². The van der Waals surface area contributed by atoms with Crippen molar-refractivity contribution in [1.29, 1.82) is 0 Å². The molecule has 1 aromatic rings. The molecule has 1 aromatic heterocycles. The molecule has 0 atom stereocenters. The summed E-state index contributed by atoms with van der Waals surface area (Å²) < 4.78 is 26.4. The molecule has 18 heavy (non-hydrogen) atoms. The van der Waals surface area contributed by atoms with Crippen LogP contribution < -0.4 is 11.3 Å². The van der Waals surface area contributed by atoms with E-state index in [1.807, 2.05) is 7.05 Å². The first-order valence-corrected chi connectivity index (χ1v) is 7.09. The van der Waals surface area contributed by atoms with E-state index in [1.54, 1.807) is 6.07 Å². The number of rotatable bonds is 3. The monoisotopic (exact) mass is 271 g/mol. The van der Waals surface area contributed by atoms with Gasteiger partial charge < -0.3 is 10.3 Å². The van der Waals surface area contributed by atoms with Crippen LogP contribution in [0.4, 0.5) is 5.69 Å². The molecular weight excluding hydrogens is 254 g/mol. The topological polar surface area (TPSA) is 91.6 Å². The Balaban J connectivity index is 2.30. The van der Waals surface area contributed by atoms with Crippen molar-refractivity contribution < 1.29 is 8.42 Å². The van der Waals surface area contributed by atoms with E-state index in [0.29, 0.717) is 18.8 Å². The molecule has 0 amide bonds. The number of hydrogen-bond acceptors (Lipinski definition) is 6. The number of hydrogen-bond donors (Lipinski definition) is 2. The van der Waals surface area contributed by atoms with Gasteiger partial charge in [0, 0.05) is 38.6 Å². The Morgan fingerprint density at radius 2 is 2.00 bits per heavy atom.